The predicted molar refractivity (Wildman–Crippen MR) is 71.9 cm³/mol. The van der Waals surface area contributed by atoms with Gasteiger partial charge in [0.15, 0.2) is 0 Å². The molecule has 0 saturated carbocycles. The maximum absolute atomic E-state index is 12.0. The molecule has 0 N–H and O–H groups in total. The standard InChI is InChI=1S/C15H17NO3/c1-16(11-14-4-3-9-19-14)15(17)10-12-5-7-13(18-2)8-6-12/h3-9H,10-11H2,1-2H3. The minimum absolute atomic E-state index is 0.0570. The first-order valence-corrected chi connectivity index (χ1v) is 6.08. The third-order valence-electron chi connectivity index (χ3n) is 2.91. The molecule has 0 radical (unpaired) electrons. The van der Waals surface area contributed by atoms with Gasteiger partial charge in [0.2, 0.25) is 5.91 Å². The number of amides is 1. The fraction of sp³-hybridized carbons (Fsp3) is 0.267. The van der Waals surface area contributed by atoms with Crippen molar-refractivity contribution in [1.29, 1.82) is 0 Å². The van der Waals surface area contributed by atoms with Gasteiger partial charge in [0, 0.05) is 7.05 Å². The lowest BCUT2D eigenvalue weighted by Crippen LogP contribution is -2.27. The second kappa shape index (κ2) is 6.09. The van der Waals surface area contributed by atoms with E-state index in [2.05, 4.69) is 0 Å². The molecular weight excluding hydrogens is 242 g/mol. The van der Waals surface area contributed by atoms with Crippen LogP contribution in [0.15, 0.2) is 47.1 Å². The Morgan fingerprint density at radius 1 is 1.26 bits per heavy atom. The molecule has 0 saturated heterocycles. The molecule has 0 bridgehead atoms. The molecule has 2 aromatic rings. The van der Waals surface area contributed by atoms with E-state index in [9.17, 15) is 4.79 Å². The van der Waals surface area contributed by atoms with Crippen LogP contribution in [0.5, 0.6) is 5.75 Å². The van der Waals surface area contributed by atoms with Gasteiger partial charge in [0.05, 0.1) is 26.3 Å². The number of methoxy groups -OCH3 is 1. The van der Waals surface area contributed by atoms with Gasteiger partial charge in [-0.15, -0.1) is 0 Å². The van der Waals surface area contributed by atoms with Crippen molar-refractivity contribution in [1.82, 2.24) is 4.90 Å². The molecule has 0 aliphatic rings. The van der Waals surface area contributed by atoms with Gasteiger partial charge >= 0.3 is 0 Å². The summed E-state index contributed by atoms with van der Waals surface area (Å²) in [5.74, 6) is 1.63. The van der Waals surface area contributed by atoms with Crippen molar-refractivity contribution in [2.45, 2.75) is 13.0 Å². The summed E-state index contributed by atoms with van der Waals surface area (Å²) >= 11 is 0. The van der Waals surface area contributed by atoms with Crippen molar-refractivity contribution in [3.8, 4) is 5.75 Å². The highest BCUT2D eigenvalue weighted by Gasteiger charge is 2.11. The highest BCUT2D eigenvalue weighted by Crippen LogP contribution is 2.13. The monoisotopic (exact) mass is 259 g/mol. The maximum Gasteiger partial charge on any atom is 0.227 e. The fourth-order valence-corrected chi connectivity index (χ4v) is 1.78. The van der Waals surface area contributed by atoms with E-state index in [0.29, 0.717) is 13.0 Å². The molecule has 2 rings (SSSR count). The molecule has 100 valence electrons. The highest BCUT2D eigenvalue weighted by molar-refractivity contribution is 5.78. The molecule has 4 nitrogen and oxygen atoms in total. The van der Waals surface area contributed by atoms with Crippen LogP contribution in [0.4, 0.5) is 0 Å². The molecule has 19 heavy (non-hydrogen) atoms. The molecule has 0 aliphatic carbocycles. The number of hydrogen-bond donors (Lipinski definition) is 0. The van der Waals surface area contributed by atoms with Crippen molar-refractivity contribution in [3.05, 3.63) is 54.0 Å². The topological polar surface area (TPSA) is 42.7 Å². The summed E-state index contributed by atoms with van der Waals surface area (Å²) in [6, 6.07) is 11.2. The number of hydrogen-bond acceptors (Lipinski definition) is 3. The van der Waals surface area contributed by atoms with Crippen LogP contribution in [-0.2, 0) is 17.8 Å². The van der Waals surface area contributed by atoms with E-state index in [4.69, 9.17) is 9.15 Å². The van der Waals surface area contributed by atoms with Crippen LogP contribution < -0.4 is 4.74 Å². The molecular formula is C15H17NO3. The van der Waals surface area contributed by atoms with Gasteiger partial charge < -0.3 is 14.1 Å². The van der Waals surface area contributed by atoms with Gasteiger partial charge in [0.1, 0.15) is 11.5 Å². The normalized spacial score (nSPS) is 10.2. The summed E-state index contributed by atoms with van der Waals surface area (Å²) in [6.45, 7) is 0.488. The lowest BCUT2D eigenvalue weighted by Gasteiger charge is -2.15. The molecule has 0 unspecified atom stereocenters. The smallest absolute Gasteiger partial charge is 0.227 e. The first-order chi connectivity index (χ1) is 9.19. The van der Waals surface area contributed by atoms with Gasteiger partial charge in [-0.25, -0.2) is 0 Å². The quantitative estimate of drug-likeness (QED) is 0.828. The molecule has 0 fully saturated rings. The van der Waals surface area contributed by atoms with Crippen molar-refractivity contribution >= 4 is 5.91 Å². The summed E-state index contributed by atoms with van der Waals surface area (Å²) in [5, 5.41) is 0. The summed E-state index contributed by atoms with van der Waals surface area (Å²) in [7, 11) is 3.39. The number of rotatable bonds is 5. The van der Waals surface area contributed by atoms with Crippen LogP contribution in [0.2, 0.25) is 0 Å². The van der Waals surface area contributed by atoms with Gasteiger partial charge in [-0.1, -0.05) is 12.1 Å². The lowest BCUT2D eigenvalue weighted by molar-refractivity contribution is -0.129. The van der Waals surface area contributed by atoms with Crippen molar-refractivity contribution < 1.29 is 13.9 Å². The van der Waals surface area contributed by atoms with Gasteiger partial charge in [0.25, 0.3) is 0 Å². The number of furan rings is 1. The number of carbonyl (C=O) groups excluding carboxylic acids is 1. The van der Waals surface area contributed by atoms with Crippen molar-refractivity contribution in [2.24, 2.45) is 0 Å². The van der Waals surface area contributed by atoms with E-state index < -0.39 is 0 Å². The second-order valence-electron chi connectivity index (χ2n) is 4.35. The minimum atomic E-state index is 0.0570. The van der Waals surface area contributed by atoms with E-state index in [1.165, 1.54) is 0 Å². The Morgan fingerprint density at radius 2 is 2.00 bits per heavy atom. The van der Waals surface area contributed by atoms with E-state index in [-0.39, 0.29) is 5.91 Å². The predicted octanol–water partition coefficient (Wildman–Crippen LogP) is 2.49. The fourth-order valence-electron chi connectivity index (χ4n) is 1.78. The zero-order valence-electron chi connectivity index (χ0n) is 11.1. The largest absolute Gasteiger partial charge is 0.497 e. The molecule has 0 atom stereocenters. The Balaban J connectivity index is 1.92. The average Bonchev–Trinajstić information content (AvgIpc) is 2.92. The zero-order valence-corrected chi connectivity index (χ0v) is 11.1. The Kier molecular flexibility index (Phi) is 4.23. The summed E-state index contributed by atoms with van der Waals surface area (Å²) in [5.41, 5.74) is 0.970. The van der Waals surface area contributed by atoms with Gasteiger partial charge in [-0.2, -0.15) is 0 Å². The number of likely N-dealkylation sites (N-methyl/N-ethyl adjacent to an activating group) is 1. The van der Waals surface area contributed by atoms with E-state index in [0.717, 1.165) is 17.1 Å². The van der Waals surface area contributed by atoms with E-state index in [1.807, 2.05) is 36.4 Å². The maximum atomic E-state index is 12.0. The Hall–Kier alpha value is -2.23. The number of carbonyl (C=O) groups is 1. The zero-order chi connectivity index (χ0) is 13.7. The summed E-state index contributed by atoms with van der Waals surface area (Å²) in [6.07, 6.45) is 1.98. The van der Waals surface area contributed by atoms with Crippen LogP contribution in [0.25, 0.3) is 0 Å². The van der Waals surface area contributed by atoms with Crippen molar-refractivity contribution in [3.63, 3.8) is 0 Å². The third-order valence-corrected chi connectivity index (χ3v) is 2.91. The summed E-state index contributed by atoms with van der Waals surface area (Å²) < 4.78 is 10.3. The Labute approximate surface area is 112 Å². The molecule has 0 aliphatic heterocycles. The van der Waals surface area contributed by atoms with Crippen LogP contribution in [0.1, 0.15) is 11.3 Å². The minimum Gasteiger partial charge on any atom is -0.497 e. The van der Waals surface area contributed by atoms with Crippen LogP contribution in [0, 0.1) is 0 Å². The van der Waals surface area contributed by atoms with Crippen LogP contribution in [-0.4, -0.2) is 25.0 Å². The van der Waals surface area contributed by atoms with E-state index >= 15 is 0 Å². The van der Waals surface area contributed by atoms with Crippen LogP contribution in [0.3, 0.4) is 0 Å². The van der Waals surface area contributed by atoms with Crippen molar-refractivity contribution in [2.75, 3.05) is 14.2 Å². The molecule has 1 aromatic heterocycles. The van der Waals surface area contributed by atoms with Crippen LogP contribution >= 0.6 is 0 Å². The number of ether oxygens (including phenoxy) is 1. The summed E-state index contributed by atoms with van der Waals surface area (Å²) in [4.78, 5) is 13.7. The third kappa shape index (κ3) is 3.61. The Morgan fingerprint density at radius 3 is 2.58 bits per heavy atom. The molecule has 4 heteroatoms. The van der Waals surface area contributed by atoms with Gasteiger partial charge in [-0.05, 0) is 29.8 Å². The van der Waals surface area contributed by atoms with E-state index in [1.54, 1.807) is 25.3 Å². The average molecular weight is 259 g/mol. The highest BCUT2D eigenvalue weighted by atomic mass is 16.5. The molecule has 1 amide bonds. The Bertz CT molecular complexity index is 517. The second-order valence-corrected chi connectivity index (χ2v) is 4.35. The SMILES string of the molecule is COc1ccc(CC(=O)N(C)Cc2ccco2)cc1. The van der Waals surface area contributed by atoms with Gasteiger partial charge in [-0.3, -0.25) is 4.79 Å². The molecule has 0 spiro atoms. The molecule has 1 aromatic carbocycles. The number of nitrogens with zero attached hydrogens (tertiary/aromatic N) is 1. The first kappa shape index (κ1) is 13.2. The molecule has 1 heterocycles. The first-order valence-electron chi connectivity index (χ1n) is 6.08. The number of benzene rings is 1. The lowest BCUT2D eigenvalue weighted by atomic mass is 10.1.